The number of nitrogens with one attached hydrogen (secondary N) is 1. The molecule has 0 unspecified atom stereocenters. The summed E-state index contributed by atoms with van der Waals surface area (Å²) in [4.78, 5) is 0. The molecule has 4 nitrogen and oxygen atoms in total. The number of hydrogen-bond acceptors (Lipinski definition) is 3. The van der Waals surface area contributed by atoms with Crippen molar-refractivity contribution in [1.82, 2.24) is 15.4 Å². The second-order valence-corrected chi connectivity index (χ2v) is 2.46. The predicted octanol–water partition coefficient (Wildman–Crippen LogP) is 1.02. The van der Waals surface area contributed by atoms with E-state index in [1.54, 1.807) is 0 Å². The summed E-state index contributed by atoms with van der Waals surface area (Å²) in [7, 11) is 0. The highest BCUT2D eigenvalue weighted by Gasteiger charge is 2.02. The maximum atomic E-state index is 8.51. The maximum absolute atomic E-state index is 8.51. The zero-order chi connectivity index (χ0) is 8.39. The Balaban J connectivity index is 2.67. The molecular weight excluding hydrogens is 152 g/mol. The summed E-state index contributed by atoms with van der Waals surface area (Å²) in [6.45, 7) is 0. The number of benzene rings is 1. The molecule has 0 spiro atoms. The van der Waals surface area contributed by atoms with Crippen molar-refractivity contribution >= 4 is 11.0 Å². The Labute approximate surface area is 68.8 Å². The van der Waals surface area contributed by atoms with Crippen LogP contribution in [0.5, 0.6) is 0 Å². The Kier molecular flexibility index (Phi) is 1.49. The van der Waals surface area contributed by atoms with Crippen LogP contribution in [0, 0.1) is 11.3 Å². The van der Waals surface area contributed by atoms with Crippen LogP contribution in [0.3, 0.4) is 0 Å². The van der Waals surface area contributed by atoms with Crippen LogP contribution < -0.4 is 0 Å². The zero-order valence-corrected chi connectivity index (χ0v) is 6.28. The minimum absolute atomic E-state index is 0.379. The average molecular weight is 158 g/mol. The third-order valence-corrected chi connectivity index (χ3v) is 1.71. The molecule has 0 aliphatic rings. The van der Waals surface area contributed by atoms with Crippen LogP contribution in [0.2, 0.25) is 0 Å². The van der Waals surface area contributed by atoms with Gasteiger partial charge in [0.25, 0.3) is 0 Å². The van der Waals surface area contributed by atoms with E-state index < -0.39 is 0 Å². The second kappa shape index (κ2) is 2.62. The van der Waals surface area contributed by atoms with Crippen LogP contribution in [0.1, 0.15) is 5.56 Å². The third kappa shape index (κ3) is 0.920. The molecular formula is C8H6N4. The predicted molar refractivity (Wildman–Crippen MR) is 43.2 cm³/mol. The maximum Gasteiger partial charge on any atom is 0.117 e. The van der Waals surface area contributed by atoms with Gasteiger partial charge in [0.2, 0.25) is 0 Å². The van der Waals surface area contributed by atoms with Crippen molar-refractivity contribution < 1.29 is 0 Å². The van der Waals surface area contributed by atoms with Crippen molar-refractivity contribution in [2.75, 3.05) is 0 Å². The first kappa shape index (κ1) is 6.80. The van der Waals surface area contributed by atoms with Gasteiger partial charge in [0, 0.05) is 0 Å². The van der Waals surface area contributed by atoms with E-state index in [4.69, 9.17) is 5.26 Å². The van der Waals surface area contributed by atoms with Gasteiger partial charge in [0.15, 0.2) is 0 Å². The fraction of sp³-hybridized carbons (Fsp3) is 0.125. The van der Waals surface area contributed by atoms with Crippen LogP contribution in [-0.4, -0.2) is 15.4 Å². The lowest BCUT2D eigenvalue weighted by Gasteiger charge is -1.92. The number of H-pyrrole nitrogens is 1. The van der Waals surface area contributed by atoms with Crippen molar-refractivity contribution in [1.29, 1.82) is 5.26 Å². The number of aromatic amines is 1. The second-order valence-electron chi connectivity index (χ2n) is 2.46. The largest absolute Gasteiger partial charge is 0.258 e. The molecule has 0 saturated heterocycles. The highest BCUT2D eigenvalue weighted by atomic mass is 15.3. The van der Waals surface area contributed by atoms with Crippen LogP contribution in [-0.2, 0) is 6.42 Å². The molecule has 0 aliphatic heterocycles. The van der Waals surface area contributed by atoms with Gasteiger partial charge < -0.3 is 0 Å². The molecule has 2 rings (SSSR count). The van der Waals surface area contributed by atoms with E-state index in [-0.39, 0.29) is 0 Å². The highest BCUT2D eigenvalue weighted by molar-refractivity contribution is 5.77. The normalized spacial score (nSPS) is 9.92. The van der Waals surface area contributed by atoms with Gasteiger partial charge in [-0.3, -0.25) is 5.10 Å². The van der Waals surface area contributed by atoms with E-state index in [0.29, 0.717) is 6.42 Å². The monoisotopic (exact) mass is 158 g/mol. The first-order chi connectivity index (χ1) is 5.92. The molecule has 2 aromatic rings. The zero-order valence-electron chi connectivity index (χ0n) is 6.28. The van der Waals surface area contributed by atoms with E-state index >= 15 is 0 Å². The topological polar surface area (TPSA) is 65.4 Å². The average Bonchev–Trinajstić information content (AvgIpc) is 2.53. The molecule has 0 bridgehead atoms. The van der Waals surface area contributed by atoms with Crippen LogP contribution in [0.25, 0.3) is 11.0 Å². The first-order valence-electron chi connectivity index (χ1n) is 3.57. The lowest BCUT2D eigenvalue weighted by molar-refractivity contribution is 0.957. The van der Waals surface area contributed by atoms with Gasteiger partial charge in [-0.2, -0.15) is 5.26 Å². The summed E-state index contributed by atoms with van der Waals surface area (Å²) in [5.41, 5.74) is 2.59. The Bertz CT molecular complexity index is 437. The minimum Gasteiger partial charge on any atom is -0.258 e. The number of fused-ring (bicyclic) bond motifs is 1. The molecule has 1 aromatic carbocycles. The van der Waals surface area contributed by atoms with Gasteiger partial charge >= 0.3 is 0 Å². The van der Waals surface area contributed by atoms with Crippen LogP contribution in [0.15, 0.2) is 18.2 Å². The van der Waals surface area contributed by atoms with Gasteiger partial charge in [0.1, 0.15) is 5.52 Å². The molecule has 1 heterocycles. The Hall–Kier alpha value is -1.89. The number of hydrogen-bond donors (Lipinski definition) is 1. The van der Waals surface area contributed by atoms with Crippen molar-refractivity contribution in [2.24, 2.45) is 0 Å². The van der Waals surface area contributed by atoms with E-state index in [9.17, 15) is 0 Å². The number of rotatable bonds is 1. The molecule has 0 fully saturated rings. The molecule has 0 radical (unpaired) electrons. The molecule has 1 aromatic heterocycles. The van der Waals surface area contributed by atoms with Crippen molar-refractivity contribution in [2.45, 2.75) is 6.42 Å². The van der Waals surface area contributed by atoms with Crippen LogP contribution in [0.4, 0.5) is 0 Å². The lowest BCUT2D eigenvalue weighted by Crippen LogP contribution is -1.83. The number of aromatic nitrogens is 3. The minimum atomic E-state index is 0.379. The molecule has 0 saturated carbocycles. The van der Waals surface area contributed by atoms with Crippen molar-refractivity contribution in [3.05, 3.63) is 23.8 Å². The molecule has 0 aliphatic carbocycles. The van der Waals surface area contributed by atoms with Gasteiger partial charge in [-0.1, -0.05) is 17.3 Å². The Morgan fingerprint density at radius 1 is 1.50 bits per heavy atom. The summed E-state index contributed by atoms with van der Waals surface area (Å²) >= 11 is 0. The van der Waals surface area contributed by atoms with Crippen LogP contribution >= 0.6 is 0 Å². The molecule has 58 valence electrons. The standard InChI is InChI=1S/C8H6N4/c9-5-4-6-2-1-3-7-8(6)11-12-10-7/h1-3H,4H2,(H,10,11,12). The van der Waals surface area contributed by atoms with Gasteiger partial charge in [-0.05, 0) is 11.6 Å². The summed E-state index contributed by atoms with van der Waals surface area (Å²) in [5.74, 6) is 0. The lowest BCUT2D eigenvalue weighted by atomic mass is 10.1. The van der Waals surface area contributed by atoms with Gasteiger partial charge in [-0.25, -0.2) is 0 Å². The Morgan fingerprint density at radius 2 is 2.42 bits per heavy atom. The van der Waals surface area contributed by atoms with E-state index in [1.807, 2.05) is 18.2 Å². The van der Waals surface area contributed by atoms with Gasteiger partial charge in [0.05, 0.1) is 18.0 Å². The number of nitrogens with zero attached hydrogens (tertiary/aromatic N) is 3. The molecule has 12 heavy (non-hydrogen) atoms. The third-order valence-electron chi connectivity index (χ3n) is 1.71. The summed E-state index contributed by atoms with van der Waals surface area (Å²) in [5, 5.41) is 18.8. The number of nitriles is 1. The summed E-state index contributed by atoms with van der Waals surface area (Å²) < 4.78 is 0. The smallest absolute Gasteiger partial charge is 0.117 e. The fourth-order valence-corrected chi connectivity index (χ4v) is 1.16. The SMILES string of the molecule is N#CCc1cccc2[nH]nnc12. The summed E-state index contributed by atoms with van der Waals surface area (Å²) in [6.07, 6.45) is 0.379. The van der Waals surface area contributed by atoms with E-state index in [1.165, 1.54) is 0 Å². The Morgan fingerprint density at radius 3 is 3.25 bits per heavy atom. The molecule has 0 amide bonds. The van der Waals surface area contributed by atoms with E-state index in [0.717, 1.165) is 16.6 Å². The van der Waals surface area contributed by atoms with Crippen molar-refractivity contribution in [3.63, 3.8) is 0 Å². The quantitative estimate of drug-likeness (QED) is 0.673. The summed E-state index contributed by atoms with van der Waals surface area (Å²) in [6, 6.07) is 7.74. The molecule has 4 heteroatoms. The molecule has 0 atom stereocenters. The van der Waals surface area contributed by atoms with Gasteiger partial charge in [-0.15, -0.1) is 5.10 Å². The highest BCUT2D eigenvalue weighted by Crippen LogP contribution is 2.13. The fourth-order valence-electron chi connectivity index (χ4n) is 1.16. The van der Waals surface area contributed by atoms with E-state index in [2.05, 4.69) is 21.5 Å². The van der Waals surface area contributed by atoms with Crippen molar-refractivity contribution in [3.8, 4) is 6.07 Å². The first-order valence-corrected chi connectivity index (χ1v) is 3.57. The molecule has 1 N–H and O–H groups in total.